The van der Waals surface area contributed by atoms with Gasteiger partial charge in [-0.3, -0.25) is 0 Å². The van der Waals surface area contributed by atoms with Gasteiger partial charge in [0.1, 0.15) is 19.0 Å². The van der Waals surface area contributed by atoms with Crippen LogP contribution in [0, 0.1) is 0 Å². The number of carbonyl (C=O) groups is 1. The lowest BCUT2D eigenvalue weighted by Crippen LogP contribution is -2.09. The summed E-state index contributed by atoms with van der Waals surface area (Å²) in [5.41, 5.74) is 0.715. The van der Waals surface area contributed by atoms with Gasteiger partial charge in [0.15, 0.2) is 11.5 Å². The molecule has 0 saturated carbocycles. The first-order chi connectivity index (χ1) is 11.2. The number of aliphatic carboxylic acids is 1. The second-order valence-corrected chi connectivity index (χ2v) is 4.59. The molecule has 5 heteroatoms. The Morgan fingerprint density at radius 2 is 1.78 bits per heavy atom. The van der Waals surface area contributed by atoms with E-state index in [0.29, 0.717) is 30.3 Å². The van der Waals surface area contributed by atoms with Crippen molar-refractivity contribution in [3.63, 3.8) is 0 Å². The van der Waals surface area contributed by atoms with Crippen molar-refractivity contribution in [3.05, 3.63) is 60.2 Å². The summed E-state index contributed by atoms with van der Waals surface area (Å²) in [5.74, 6) is 0.898. The van der Waals surface area contributed by atoms with Crippen molar-refractivity contribution in [3.8, 4) is 17.2 Å². The van der Waals surface area contributed by atoms with Gasteiger partial charge in [0.2, 0.25) is 0 Å². The molecule has 2 aromatic rings. The molecule has 0 amide bonds. The lowest BCUT2D eigenvalue weighted by Gasteiger charge is -2.12. The van der Waals surface area contributed by atoms with Crippen LogP contribution in [0.1, 0.15) is 5.56 Å². The number of carboxylic acid groups (broad SMARTS) is 1. The molecule has 0 aromatic heterocycles. The van der Waals surface area contributed by atoms with Crippen LogP contribution in [0.5, 0.6) is 17.2 Å². The Labute approximate surface area is 134 Å². The Hall–Kier alpha value is -2.95. The van der Waals surface area contributed by atoms with Gasteiger partial charge in [-0.15, -0.1) is 0 Å². The van der Waals surface area contributed by atoms with E-state index in [-0.39, 0.29) is 0 Å². The van der Waals surface area contributed by atoms with Gasteiger partial charge >= 0.3 is 5.97 Å². The van der Waals surface area contributed by atoms with Gasteiger partial charge in [-0.2, -0.15) is 0 Å². The van der Waals surface area contributed by atoms with Crippen LogP contribution < -0.4 is 14.2 Å². The van der Waals surface area contributed by atoms with Gasteiger partial charge in [0.25, 0.3) is 0 Å². The SMILES string of the molecule is COc1ccc(C=CC(=O)O)cc1OCCOc1ccccc1. The van der Waals surface area contributed by atoms with Crippen LogP contribution in [0.3, 0.4) is 0 Å². The van der Waals surface area contributed by atoms with Crippen molar-refractivity contribution in [1.82, 2.24) is 0 Å². The molecular weight excluding hydrogens is 296 g/mol. The van der Waals surface area contributed by atoms with Crippen molar-refractivity contribution in [2.24, 2.45) is 0 Å². The van der Waals surface area contributed by atoms with Gasteiger partial charge < -0.3 is 19.3 Å². The number of rotatable bonds is 8. The molecule has 120 valence electrons. The lowest BCUT2D eigenvalue weighted by molar-refractivity contribution is -0.131. The molecule has 0 aliphatic rings. The molecule has 0 aliphatic carbocycles. The standard InChI is InChI=1S/C18H18O5/c1-21-16-9-7-14(8-10-18(19)20)13-17(16)23-12-11-22-15-5-3-2-4-6-15/h2-10,13H,11-12H2,1H3,(H,19,20). The number of carboxylic acids is 1. The van der Waals surface area contributed by atoms with Crippen molar-refractivity contribution >= 4 is 12.0 Å². The Kier molecular flexibility index (Phi) is 6.06. The minimum Gasteiger partial charge on any atom is -0.493 e. The minimum atomic E-state index is -1.00. The molecule has 0 bridgehead atoms. The highest BCUT2D eigenvalue weighted by molar-refractivity contribution is 5.85. The topological polar surface area (TPSA) is 65.0 Å². The summed E-state index contributed by atoms with van der Waals surface area (Å²) >= 11 is 0. The van der Waals surface area contributed by atoms with Crippen molar-refractivity contribution in [2.45, 2.75) is 0 Å². The van der Waals surface area contributed by atoms with E-state index in [9.17, 15) is 4.79 Å². The number of hydrogen-bond acceptors (Lipinski definition) is 4. The van der Waals surface area contributed by atoms with E-state index < -0.39 is 5.97 Å². The van der Waals surface area contributed by atoms with E-state index >= 15 is 0 Å². The first kappa shape index (κ1) is 16.4. The van der Waals surface area contributed by atoms with Crippen LogP contribution in [-0.2, 0) is 4.79 Å². The molecule has 2 aromatic carbocycles. The Bertz CT molecular complexity index is 664. The van der Waals surface area contributed by atoms with E-state index in [1.807, 2.05) is 30.3 Å². The predicted molar refractivity (Wildman–Crippen MR) is 87.1 cm³/mol. The molecule has 0 spiro atoms. The van der Waals surface area contributed by atoms with Crippen LogP contribution in [-0.4, -0.2) is 31.4 Å². The van der Waals surface area contributed by atoms with Gasteiger partial charge in [0, 0.05) is 6.08 Å². The summed E-state index contributed by atoms with van der Waals surface area (Å²) in [6.45, 7) is 0.736. The Morgan fingerprint density at radius 1 is 1.04 bits per heavy atom. The van der Waals surface area contributed by atoms with Crippen LogP contribution in [0.15, 0.2) is 54.6 Å². The Morgan fingerprint density at radius 3 is 2.48 bits per heavy atom. The van der Waals surface area contributed by atoms with Crippen LogP contribution >= 0.6 is 0 Å². The van der Waals surface area contributed by atoms with E-state index in [1.54, 1.807) is 25.3 Å². The maximum atomic E-state index is 10.6. The zero-order chi connectivity index (χ0) is 16.5. The third kappa shape index (κ3) is 5.39. The summed E-state index contributed by atoms with van der Waals surface area (Å²) in [4.78, 5) is 10.6. The van der Waals surface area contributed by atoms with E-state index in [0.717, 1.165) is 11.8 Å². The molecule has 0 heterocycles. The van der Waals surface area contributed by atoms with E-state index in [4.69, 9.17) is 19.3 Å². The smallest absolute Gasteiger partial charge is 0.328 e. The predicted octanol–water partition coefficient (Wildman–Crippen LogP) is 3.25. The summed E-state index contributed by atoms with van der Waals surface area (Å²) in [7, 11) is 1.55. The first-order valence-electron chi connectivity index (χ1n) is 7.09. The van der Waals surface area contributed by atoms with E-state index in [1.165, 1.54) is 6.08 Å². The third-order valence-electron chi connectivity index (χ3n) is 2.96. The Balaban J connectivity index is 1.94. The monoisotopic (exact) mass is 314 g/mol. The highest BCUT2D eigenvalue weighted by atomic mass is 16.5. The molecule has 0 radical (unpaired) electrons. The zero-order valence-electron chi connectivity index (χ0n) is 12.8. The first-order valence-corrected chi connectivity index (χ1v) is 7.09. The fourth-order valence-electron chi connectivity index (χ4n) is 1.91. The quantitative estimate of drug-likeness (QED) is 0.598. The summed E-state index contributed by atoms with van der Waals surface area (Å²) < 4.78 is 16.5. The van der Waals surface area contributed by atoms with Crippen LogP contribution in [0.2, 0.25) is 0 Å². The van der Waals surface area contributed by atoms with Crippen molar-refractivity contribution < 1.29 is 24.1 Å². The second kappa shape index (κ2) is 8.48. The largest absolute Gasteiger partial charge is 0.493 e. The fourth-order valence-corrected chi connectivity index (χ4v) is 1.91. The average molecular weight is 314 g/mol. The van der Waals surface area contributed by atoms with Gasteiger partial charge in [-0.05, 0) is 35.9 Å². The molecule has 5 nitrogen and oxygen atoms in total. The average Bonchev–Trinajstić information content (AvgIpc) is 2.58. The molecule has 0 unspecified atom stereocenters. The van der Waals surface area contributed by atoms with Gasteiger partial charge in [0.05, 0.1) is 7.11 Å². The molecule has 1 N–H and O–H groups in total. The highest BCUT2D eigenvalue weighted by Gasteiger charge is 2.05. The summed E-state index contributed by atoms with van der Waals surface area (Å²) in [6.07, 6.45) is 2.57. The molecule has 23 heavy (non-hydrogen) atoms. The summed E-state index contributed by atoms with van der Waals surface area (Å²) in [6, 6.07) is 14.7. The van der Waals surface area contributed by atoms with Gasteiger partial charge in [-0.25, -0.2) is 4.79 Å². The van der Waals surface area contributed by atoms with Crippen LogP contribution in [0.4, 0.5) is 0 Å². The number of benzene rings is 2. The second-order valence-electron chi connectivity index (χ2n) is 4.59. The molecule has 0 aliphatic heterocycles. The van der Waals surface area contributed by atoms with Crippen LogP contribution in [0.25, 0.3) is 6.08 Å². The van der Waals surface area contributed by atoms with Gasteiger partial charge in [-0.1, -0.05) is 24.3 Å². The normalized spacial score (nSPS) is 10.5. The number of ether oxygens (including phenoxy) is 3. The fraction of sp³-hybridized carbons (Fsp3) is 0.167. The molecule has 2 rings (SSSR count). The molecular formula is C18H18O5. The minimum absolute atomic E-state index is 0.345. The third-order valence-corrected chi connectivity index (χ3v) is 2.96. The number of hydrogen-bond donors (Lipinski definition) is 1. The van der Waals surface area contributed by atoms with Crippen molar-refractivity contribution in [2.75, 3.05) is 20.3 Å². The molecule has 0 fully saturated rings. The molecule has 0 atom stereocenters. The van der Waals surface area contributed by atoms with E-state index in [2.05, 4.69) is 0 Å². The highest BCUT2D eigenvalue weighted by Crippen LogP contribution is 2.28. The number of methoxy groups -OCH3 is 1. The maximum absolute atomic E-state index is 10.6. The summed E-state index contributed by atoms with van der Waals surface area (Å²) in [5, 5.41) is 8.67. The maximum Gasteiger partial charge on any atom is 0.328 e. The number of para-hydroxylation sites is 1. The van der Waals surface area contributed by atoms with Crippen molar-refractivity contribution in [1.29, 1.82) is 0 Å². The molecule has 0 saturated heterocycles. The zero-order valence-corrected chi connectivity index (χ0v) is 12.8. The lowest BCUT2D eigenvalue weighted by atomic mass is 10.2.